The molecule has 1 N–H and O–H groups in total. The standard InChI is InChI=1S/C19H24N6OS/c1-24(11-14-4-3-6-20-10-14)27(26)12-15-8-16(9-15)25(2)19-17-5-7-21-18(17)22-13-23-19/h3-7,10,13,15-16H,8-9,11-12H2,1-2H3,(H,21,22,23). The van der Waals surface area contributed by atoms with Crippen LogP contribution in [0.25, 0.3) is 11.0 Å². The first-order chi connectivity index (χ1) is 13.1. The van der Waals surface area contributed by atoms with Crippen LogP contribution in [-0.4, -0.2) is 54.3 Å². The van der Waals surface area contributed by atoms with Gasteiger partial charge in [0.2, 0.25) is 0 Å². The summed E-state index contributed by atoms with van der Waals surface area (Å²) in [5.74, 6) is 2.16. The molecule has 1 unspecified atom stereocenters. The molecule has 0 saturated heterocycles. The first-order valence-corrected chi connectivity index (χ1v) is 10.4. The van der Waals surface area contributed by atoms with E-state index in [1.165, 1.54) is 0 Å². The third kappa shape index (κ3) is 3.86. The molecule has 1 aliphatic rings. The van der Waals surface area contributed by atoms with Crippen LogP contribution < -0.4 is 4.90 Å². The normalized spacial score (nSPS) is 20.6. The fourth-order valence-corrected chi connectivity index (χ4v) is 4.84. The molecule has 8 heteroatoms. The van der Waals surface area contributed by atoms with E-state index in [1.54, 1.807) is 12.5 Å². The Bertz CT molecular complexity index is 924. The molecular weight excluding hydrogens is 360 g/mol. The molecule has 1 aliphatic carbocycles. The van der Waals surface area contributed by atoms with E-state index < -0.39 is 11.0 Å². The van der Waals surface area contributed by atoms with Gasteiger partial charge in [-0.05, 0) is 36.5 Å². The van der Waals surface area contributed by atoms with E-state index in [0.717, 1.165) is 35.3 Å². The highest BCUT2D eigenvalue weighted by Gasteiger charge is 2.34. The predicted octanol–water partition coefficient (Wildman–Crippen LogP) is 2.36. The van der Waals surface area contributed by atoms with E-state index in [4.69, 9.17) is 0 Å². The topological polar surface area (TPSA) is 78.0 Å². The average molecular weight is 385 g/mol. The van der Waals surface area contributed by atoms with Gasteiger partial charge < -0.3 is 9.88 Å². The quantitative estimate of drug-likeness (QED) is 0.677. The Labute approximate surface area is 161 Å². The number of nitrogens with one attached hydrogen (secondary N) is 1. The molecule has 3 aromatic rings. The number of pyridine rings is 1. The second-order valence-electron chi connectivity index (χ2n) is 7.17. The van der Waals surface area contributed by atoms with Crippen LogP contribution >= 0.6 is 0 Å². The Hall–Kier alpha value is -2.32. The predicted molar refractivity (Wildman–Crippen MR) is 108 cm³/mol. The summed E-state index contributed by atoms with van der Waals surface area (Å²) < 4.78 is 14.5. The Kier molecular flexibility index (Phi) is 5.18. The number of rotatable bonds is 7. The molecule has 1 saturated carbocycles. The number of aromatic nitrogens is 4. The van der Waals surface area contributed by atoms with Gasteiger partial charge in [0.25, 0.3) is 0 Å². The van der Waals surface area contributed by atoms with Crippen LogP contribution in [-0.2, 0) is 17.5 Å². The van der Waals surface area contributed by atoms with Gasteiger partial charge in [-0.15, -0.1) is 0 Å². The summed E-state index contributed by atoms with van der Waals surface area (Å²) >= 11 is 0. The zero-order valence-corrected chi connectivity index (χ0v) is 16.4. The summed E-state index contributed by atoms with van der Waals surface area (Å²) in [4.78, 5) is 18.2. The van der Waals surface area contributed by atoms with Crippen LogP contribution in [0.5, 0.6) is 0 Å². The van der Waals surface area contributed by atoms with Crippen molar-refractivity contribution >= 4 is 27.8 Å². The fourth-order valence-electron chi connectivity index (χ4n) is 3.62. The molecule has 0 radical (unpaired) electrons. The molecule has 0 aromatic carbocycles. The van der Waals surface area contributed by atoms with Gasteiger partial charge in [0.05, 0.1) is 16.4 Å². The van der Waals surface area contributed by atoms with Gasteiger partial charge in [-0.25, -0.2) is 18.5 Å². The maximum atomic E-state index is 12.6. The molecule has 1 fully saturated rings. The summed E-state index contributed by atoms with van der Waals surface area (Å²) in [6.45, 7) is 0.656. The zero-order valence-electron chi connectivity index (χ0n) is 15.6. The lowest BCUT2D eigenvalue weighted by atomic mass is 9.81. The molecule has 7 nitrogen and oxygen atoms in total. The maximum absolute atomic E-state index is 12.6. The number of H-pyrrole nitrogens is 1. The summed E-state index contributed by atoms with van der Waals surface area (Å²) in [6.07, 6.45) is 9.15. The summed E-state index contributed by atoms with van der Waals surface area (Å²) in [5.41, 5.74) is 1.94. The molecule has 27 heavy (non-hydrogen) atoms. The minimum atomic E-state index is -0.976. The van der Waals surface area contributed by atoms with Gasteiger partial charge in [0.15, 0.2) is 0 Å². The van der Waals surface area contributed by atoms with E-state index in [2.05, 4.69) is 31.9 Å². The summed E-state index contributed by atoms with van der Waals surface area (Å²) in [7, 11) is 3.02. The van der Waals surface area contributed by atoms with Crippen molar-refractivity contribution in [2.75, 3.05) is 24.7 Å². The van der Waals surface area contributed by atoms with Gasteiger partial charge in [0.1, 0.15) is 17.8 Å². The number of aromatic amines is 1. The van der Waals surface area contributed by atoms with Crippen molar-refractivity contribution in [2.45, 2.75) is 25.4 Å². The second kappa shape index (κ2) is 7.74. The van der Waals surface area contributed by atoms with E-state index in [9.17, 15) is 4.21 Å². The molecule has 142 valence electrons. The lowest BCUT2D eigenvalue weighted by Gasteiger charge is -2.42. The molecule has 4 rings (SSSR count). The minimum Gasteiger partial charge on any atom is -0.356 e. The lowest BCUT2D eigenvalue weighted by molar-refractivity contribution is 0.282. The van der Waals surface area contributed by atoms with Crippen molar-refractivity contribution in [3.63, 3.8) is 0 Å². The lowest BCUT2D eigenvalue weighted by Crippen LogP contribution is -2.45. The Morgan fingerprint density at radius 2 is 2.11 bits per heavy atom. The van der Waals surface area contributed by atoms with Crippen LogP contribution in [0.2, 0.25) is 0 Å². The van der Waals surface area contributed by atoms with Gasteiger partial charge in [-0.1, -0.05) is 6.07 Å². The molecule has 0 amide bonds. The molecule has 0 bridgehead atoms. The highest BCUT2D eigenvalue weighted by molar-refractivity contribution is 7.82. The zero-order chi connectivity index (χ0) is 18.8. The molecule has 0 aliphatic heterocycles. The highest BCUT2D eigenvalue weighted by atomic mass is 32.2. The van der Waals surface area contributed by atoms with Crippen molar-refractivity contribution in [3.8, 4) is 0 Å². The third-order valence-corrected chi connectivity index (χ3v) is 6.86. The highest BCUT2D eigenvalue weighted by Crippen LogP contribution is 2.35. The number of hydrogen-bond donors (Lipinski definition) is 1. The van der Waals surface area contributed by atoms with Gasteiger partial charge in [0, 0.05) is 51.0 Å². The van der Waals surface area contributed by atoms with Crippen molar-refractivity contribution in [1.29, 1.82) is 0 Å². The minimum absolute atomic E-state index is 0.434. The average Bonchev–Trinajstić information content (AvgIpc) is 3.13. The van der Waals surface area contributed by atoms with Crippen molar-refractivity contribution in [1.82, 2.24) is 24.2 Å². The first-order valence-electron chi connectivity index (χ1n) is 9.11. The Morgan fingerprint density at radius 3 is 2.89 bits per heavy atom. The van der Waals surface area contributed by atoms with Gasteiger partial charge in [-0.3, -0.25) is 4.98 Å². The second-order valence-corrected chi connectivity index (χ2v) is 8.77. The third-order valence-electron chi connectivity index (χ3n) is 5.28. The molecule has 3 heterocycles. The smallest absolute Gasteiger partial charge is 0.142 e. The van der Waals surface area contributed by atoms with Crippen LogP contribution in [0.3, 0.4) is 0 Å². The number of nitrogens with zero attached hydrogens (tertiary/aromatic N) is 5. The van der Waals surface area contributed by atoms with E-state index in [1.807, 2.05) is 41.9 Å². The summed E-state index contributed by atoms with van der Waals surface area (Å²) in [5, 5.41) is 1.04. The van der Waals surface area contributed by atoms with Crippen LogP contribution in [0.15, 0.2) is 43.1 Å². The van der Waals surface area contributed by atoms with E-state index in [0.29, 0.717) is 24.3 Å². The first kappa shape index (κ1) is 18.1. The molecule has 0 spiro atoms. The molecule has 1 atom stereocenters. The van der Waals surface area contributed by atoms with Gasteiger partial charge in [-0.2, -0.15) is 0 Å². The van der Waals surface area contributed by atoms with Crippen LogP contribution in [0, 0.1) is 5.92 Å². The maximum Gasteiger partial charge on any atom is 0.142 e. The number of anilines is 1. The van der Waals surface area contributed by atoms with Gasteiger partial charge >= 0.3 is 0 Å². The van der Waals surface area contributed by atoms with Crippen molar-refractivity contribution in [2.24, 2.45) is 5.92 Å². The monoisotopic (exact) mass is 384 g/mol. The van der Waals surface area contributed by atoms with Crippen molar-refractivity contribution in [3.05, 3.63) is 48.7 Å². The van der Waals surface area contributed by atoms with E-state index >= 15 is 0 Å². The van der Waals surface area contributed by atoms with Crippen molar-refractivity contribution < 1.29 is 4.21 Å². The Balaban J connectivity index is 1.30. The number of fused-ring (bicyclic) bond motifs is 1. The largest absolute Gasteiger partial charge is 0.356 e. The molecule has 3 aromatic heterocycles. The number of hydrogen-bond acceptors (Lipinski definition) is 5. The fraction of sp³-hybridized carbons (Fsp3) is 0.421. The SMILES string of the molecule is CN(c1ncnc2[nH]ccc12)C1CC(CS(=O)N(C)Cc2cccnc2)C1. The van der Waals surface area contributed by atoms with Crippen LogP contribution in [0.4, 0.5) is 5.82 Å². The Morgan fingerprint density at radius 1 is 1.26 bits per heavy atom. The van der Waals surface area contributed by atoms with E-state index in [-0.39, 0.29) is 0 Å². The van der Waals surface area contributed by atoms with Crippen LogP contribution in [0.1, 0.15) is 18.4 Å². The summed E-state index contributed by atoms with van der Waals surface area (Å²) in [6, 6.07) is 6.37. The molecular formula is C19H24N6OS.